The Kier molecular flexibility index (Phi) is 6.78. The number of carbonyl (C=O) groups excluding carboxylic acids is 2. The first kappa shape index (κ1) is 26.0. The molecule has 3 aromatic carbocycles. The lowest BCUT2D eigenvalue weighted by Crippen LogP contribution is -2.60. The van der Waals surface area contributed by atoms with E-state index in [1.54, 1.807) is 0 Å². The van der Waals surface area contributed by atoms with Crippen LogP contribution in [0.15, 0.2) is 84.9 Å². The van der Waals surface area contributed by atoms with Gasteiger partial charge in [-0.2, -0.15) is 0 Å². The van der Waals surface area contributed by atoms with E-state index < -0.39 is 0 Å². The molecule has 0 radical (unpaired) electrons. The number of urea groups is 1. The third-order valence-corrected chi connectivity index (χ3v) is 9.14. The third kappa shape index (κ3) is 4.37. The van der Waals surface area contributed by atoms with Crippen LogP contribution >= 0.6 is 0 Å². The van der Waals surface area contributed by atoms with E-state index in [1.165, 1.54) is 16.8 Å². The number of para-hydroxylation sites is 2. The largest absolute Gasteiger partial charge is 0.365 e. The van der Waals surface area contributed by atoms with E-state index in [-0.39, 0.29) is 34.0 Å². The summed E-state index contributed by atoms with van der Waals surface area (Å²) >= 11 is 0. The predicted molar refractivity (Wildman–Crippen MR) is 154 cm³/mol. The highest BCUT2D eigenvalue weighted by Gasteiger charge is 2.54. The number of benzene rings is 3. The normalized spacial score (nSPS) is 23.4. The van der Waals surface area contributed by atoms with Crippen LogP contribution in [-0.2, 0) is 10.3 Å². The molecule has 6 heteroatoms. The van der Waals surface area contributed by atoms with E-state index in [0.29, 0.717) is 6.54 Å². The van der Waals surface area contributed by atoms with E-state index in [1.807, 2.05) is 49.3 Å². The SMILES string of the molecule is Cc1ccccc1N(C)[C@]1(c2ccccc2)CC[C@@]2(CC1)CNC(=O)N2CC(=O)[N+](C)(C)c1ccccc1. The molecule has 0 bridgehead atoms. The number of amides is 3. The Balaban J connectivity index is 1.43. The maximum absolute atomic E-state index is 13.6. The van der Waals surface area contributed by atoms with Gasteiger partial charge in [-0.25, -0.2) is 14.1 Å². The fourth-order valence-corrected chi connectivity index (χ4v) is 6.45. The molecule has 2 aliphatic rings. The van der Waals surface area contributed by atoms with Crippen LogP contribution in [0.25, 0.3) is 0 Å². The summed E-state index contributed by atoms with van der Waals surface area (Å²) in [6, 6.07) is 28.9. The van der Waals surface area contributed by atoms with Crippen molar-refractivity contribution < 1.29 is 9.59 Å². The molecular weight excluding hydrogens is 472 g/mol. The maximum atomic E-state index is 13.6. The molecule has 5 rings (SSSR count). The lowest BCUT2D eigenvalue weighted by Gasteiger charge is -2.52. The van der Waals surface area contributed by atoms with Crippen LogP contribution in [0, 0.1) is 6.92 Å². The molecule has 38 heavy (non-hydrogen) atoms. The number of hydrogen-bond donors (Lipinski definition) is 1. The van der Waals surface area contributed by atoms with Gasteiger partial charge in [0.25, 0.3) is 0 Å². The Hall–Kier alpha value is -3.64. The number of rotatable bonds is 6. The van der Waals surface area contributed by atoms with Crippen molar-refractivity contribution in [3.63, 3.8) is 0 Å². The van der Waals surface area contributed by atoms with Crippen molar-refractivity contribution in [1.82, 2.24) is 14.7 Å². The highest BCUT2D eigenvalue weighted by Crippen LogP contribution is 2.49. The van der Waals surface area contributed by atoms with Gasteiger partial charge < -0.3 is 15.1 Å². The van der Waals surface area contributed by atoms with Crippen molar-refractivity contribution in [2.45, 2.75) is 43.7 Å². The van der Waals surface area contributed by atoms with Crippen molar-refractivity contribution in [2.24, 2.45) is 0 Å². The minimum Gasteiger partial charge on any atom is -0.365 e. The molecule has 1 saturated heterocycles. The van der Waals surface area contributed by atoms with Gasteiger partial charge in [0.05, 0.1) is 25.2 Å². The fourth-order valence-electron chi connectivity index (χ4n) is 6.45. The van der Waals surface area contributed by atoms with E-state index in [0.717, 1.165) is 31.4 Å². The zero-order valence-corrected chi connectivity index (χ0v) is 23.0. The summed E-state index contributed by atoms with van der Waals surface area (Å²) in [5, 5.41) is 3.08. The van der Waals surface area contributed by atoms with Gasteiger partial charge >= 0.3 is 11.9 Å². The van der Waals surface area contributed by atoms with Crippen LogP contribution in [0.2, 0.25) is 0 Å². The quantitative estimate of drug-likeness (QED) is 0.447. The molecule has 1 N–H and O–H groups in total. The zero-order valence-electron chi connectivity index (χ0n) is 23.0. The summed E-state index contributed by atoms with van der Waals surface area (Å²) < 4.78 is 0.102. The monoisotopic (exact) mass is 511 g/mol. The minimum absolute atomic E-state index is 0.00421. The topological polar surface area (TPSA) is 52.7 Å². The van der Waals surface area contributed by atoms with Gasteiger partial charge in [-0.3, -0.25) is 0 Å². The molecule has 3 amide bonds. The summed E-state index contributed by atoms with van der Waals surface area (Å²) in [5.74, 6) is 0.00421. The van der Waals surface area contributed by atoms with Gasteiger partial charge in [-0.15, -0.1) is 0 Å². The molecule has 0 atom stereocenters. The Morgan fingerprint density at radius 1 is 0.895 bits per heavy atom. The minimum atomic E-state index is -0.367. The molecule has 1 heterocycles. The van der Waals surface area contributed by atoms with Crippen LogP contribution in [0.1, 0.15) is 36.8 Å². The summed E-state index contributed by atoms with van der Waals surface area (Å²) in [7, 11) is 6.00. The van der Waals surface area contributed by atoms with Gasteiger partial charge in [0, 0.05) is 19.3 Å². The fraction of sp³-hybridized carbons (Fsp3) is 0.375. The van der Waals surface area contributed by atoms with Crippen molar-refractivity contribution in [1.29, 1.82) is 0 Å². The number of nitrogens with one attached hydrogen (secondary N) is 1. The summed E-state index contributed by atoms with van der Waals surface area (Å²) in [4.78, 5) is 31.0. The zero-order chi connectivity index (χ0) is 27.0. The number of aryl methyl sites for hydroxylation is 1. The molecule has 1 aliphatic heterocycles. The molecule has 1 saturated carbocycles. The van der Waals surface area contributed by atoms with Crippen molar-refractivity contribution >= 4 is 23.3 Å². The first-order chi connectivity index (χ1) is 18.2. The van der Waals surface area contributed by atoms with E-state index in [4.69, 9.17) is 0 Å². The van der Waals surface area contributed by atoms with E-state index in [9.17, 15) is 9.59 Å². The third-order valence-electron chi connectivity index (χ3n) is 9.14. The van der Waals surface area contributed by atoms with Gasteiger partial charge in [-0.1, -0.05) is 66.7 Å². The Labute approximate surface area is 226 Å². The van der Waals surface area contributed by atoms with Crippen molar-refractivity contribution in [3.8, 4) is 0 Å². The van der Waals surface area contributed by atoms with Gasteiger partial charge in [0.2, 0.25) is 0 Å². The van der Waals surface area contributed by atoms with Gasteiger partial charge in [0.15, 0.2) is 0 Å². The second kappa shape index (κ2) is 9.91. The lowest BCUT2D eigenvalue weighted by molar-refractivity contribution is -0.129. The Bertz CT molecular complexity index is 1300. The van der Waals surface area contributed by atoms with Crippen LogP contribution in [0.5, 0.6) is 0 Å². The number of likely N-dealkylation sites (N-methyl/N-ethyl adjacent to an activating group) is 1. The molecule has 1 spiro atoms. The molecule has 1 aliphatic carbocycles. The first-order valence-corrected chi connectivity index (χ1v) is 13.5. The molecule has 3 aromatic rings. The van der Waals surface area contributed by atoms with Crippen LogP contribution < -0.4 is 14.7 Å². The molecule has 0 unspecified atom stereocenters. The number of hydrogen-bond acceptors (Lipinski definition) is 3. The van der Waals surface area contributed by atoms with E-state index >= 15 is 0 Å². The molecule has 0 aromatic heterocycles. The smallest absolute Gasteiger partial charge is 0.337 e. The summed E-state index contributed by atoms with van der Waals surface area (Å²) in [6.45, 7) is 2.84. The van der Waals surface area contributed by atoms with Crippen LogP contribution in [0.4, 0.5) is 16.2 Å². The number of anilines is 1. The van der Waals surface area contributed by atoms with Crippen LogP contribution in [-0.4, -0.2) is 56.6 Å². The van der Waals surface area contributed by atoms with Gasteiger partial charge in [0.1, 0.15) is 12.2 Å². The second-order valence-corrected chi connectivity index (χ2v) is 11.4. The highest BCUT2D eigenvalue weighted by atomic mass is 16.2. The number of carbonyl (C=O) groups is 2. The maximum Gasteiger partial charge on any atom is 0.337 e. The average molecular weight is 512 g/mol. The molecule has 6 nitrogen and oxygen atoms in total. The first-order valence-electron chi connectivity index (χ1n) is 13.5. The predicted octanol–water partition coefficient (Wildman–Crippen LogP) is 5.46. The molecular formula is C32H39N4O2+. The van der Waals surface area contributed by atoms with E-state index in [2.05, 4.69) is 78.8 Å². The van der Waals surface area contributed by atoms with Gasteiger partial charge in [-0.05, 0) is 61.9 Å². The molecule has 198 valence electrons. The average Bonchev–Trinajstić information content (AvgIpc) is 3.24. The Morgan fingerprint density at radius 2 is 1.47 bits per heavy atom. The standard InChI is InChI=1S/C32H38N4O2/c1-25-13-11-12-18-28(25)34(2)32(26-14-7-5-8-15-26)21-19-31(20-22-32)24-33-30(38)35(31)23-29(37)36(3,4)27-16-9-6-10-17-27/h5-18H,19-24H2,1-4H3/p+1/t31-,32-. The lowest BCUT2D eigenvalue weighted by atomic mass is 9.68. The number of nitrogens with zero attached hydrogens (tertiary/aromatic N) is 3. The molecule has 2 fully saturated rings. The highest BCUT2D eigenvalue weighted by molar-refractivity contribution is 5.92. The van der Waals surface area contributed by atoms with Crippen molar-refractivity contribution in [3.05, 3.63) is 96.1 Å². The number of quaternary nitrogens is 1. The summed E-state index contributed by atoms with van der Waals surface area (Å²) in [5.41, 5.74) is 4.12. The summed E-state index contributed by atoms with van der Waals surface area (Å²) in [6.07, 6.45) is 3.42. The van der Waals surface area contributed by atoms with Crippen LogP contribution in [0.3, 0.4) is 0 Å². The van der Waals surface area contributed by atoms with Crippen molar-refractivity contribution in [2.75, 3.05) is 39.1 Å². The second-order valence-electron chi connectivity index (χ2n) is 11.4. The Morgan fingerprint density at radius 3 is 2.11 bits per heavy atom.